The average molecular weight is 378 g/mol. The second kappa shape index (κ2) is 11.7. The second-order valence-corrected chi connectivity index (χ2v) is 5.96. The molecule has 7 heteroatoms. The molecule has 1 saturated heterocycles. The average Bonchev–Trinajstić information content (AvgIpc) is 2.98. The minimum atomic E-state index is -0.602. The Morgan fingerprint density at radius 2 is 2.04 bits per heavy atom. The summed E-state index contributed by atoms with van der Waals surface area (Å²) in [6, 6.07) is 7.58. The van der Waals surface area contributed by atoms with Gasteiger partial charge in [-0.25, -0.2) is 0 Å². The number of nitrogens with one attached hydrogen (secondary N) is 1. The van der Waals surface area contributed by atoms with Gasteiger partial charge in [-0.3, -0.25) is 9.69 Å². The highest BCUT2D eigenvalue weighted by Gasteiger charge is 2.25. The minimum absolute atomic E-state index is 0. The van der Waals surface area contributed by atoms with Gasteiger partial charge in [0.2, 0.25) is 5.91 Å². The Hall–Kier alpha value is -0.850. The lowest BCUT2D eigenvalue weighted by Crippen LogP contribution is -2.43. The highest BCUT2D eigenvalue weighted by atomic mass is 35.5. The molecule has 2 unspecified atom stereocenters. The first kappa shape index (κ1) is 23.1. The van der Waals surface area contributed by atoms with E-state index in [4.69, 9.17) is 10.5 Å². The molecular formula is C17H29Cl2N3O2. The van der Waals surface area contributed by atoms with Crippen LogP contribution >= 0.6 is 24.8 Å². The topological polar surface area (TPSA) is 67.6 Å². The highest BCUT2D eigenvalue weighted by molar-refractivity contribution is 5.85. The maximum atomic E-state index is 12.2. The molecule has 2 atom stereocenters. The number of nitrogens with two attached hydrogens (primary N) is 1. The number of hydrogen-bond acceptors (Lipinski definition) is 4. The van der Waals surface area contributed by atoms with Crippen LogP contribution in [0, 0.1) is 6.92 Å². The van der Waals surface area contributed by atoms with Crippen LogP contribution < -0.4 is 11.1 Å². The van der Waals surface area contributed by atoms with E-state index in [2.05, 4.69) is 10.2 Å². The Kier molecular flexibility index (Phi) is 11.2. The maximum absolute atomic E-state index is 12.2. The molecule has 1 amide bonds. The van der Waals surface area contributed by atoms with E-state index in [1.54, 1.807) is 7.11 Å². The molecule has 0 saturated carbocycles. The van der Waals surface area contributed by atoms with E-state index in [1.165, 1.54) is 6.42 Å². The Morgan fingerprint density at radius 3 is 2.67 bits per heavy atom. The van der Waals surface area contributed by atoms with Crippen molar-refractivity contribution < 1.29 is 9.53 Å². The lowest BCUT2D eigenvalue weighted by molar-refractivity contribution is -0.122. The van der Waals surface area contributed by atoms with E-state index in [-0.39, 0.29) is 30.7 Å². The molecule has 2 rings (SSSR count). The van der Waals surface area contributed by atoms with Gasteiger partial charge in [0, 0.05) is 26.2 Å². The molecule has 1 aliphatic heterocycles. The van der Waals surface area contributed by atoms with Crippen molar-refractivity contribution >= 4 is 30.7 Å². The fourth-order valence-electron chi connectivity index (χ4n) is 2.88. The molecule has 0 bridgehead atoms. The van der Waals surface area contributed by atoms with Crippen molar-refractivity contribution in [3.63, 3.8) is 0 Å². The zero-order valence-electron chi connectivity index (χ0n) is 14.4. The van der Waals surface area contributed by atoms with Gasteiger partial charge in [-0.1, -0.05) is 29.8 Å². The van der Waals surface area contributed by atoms with E-state index in [0.717, 1.165) is 37.2 Å². The summed E-state index contributed by atoms with van der Waals surface area (Å²) in [4.78, 5) is 14.6. The van der Waals surface area contributed by atoms with E-state index in [0.29, 0.717) is 12.6 Å². The molecule has 1 aliphatic rings. The number of carbonyl (C=O) groups is 1. The van der Waals surface area contributed by atoms with Gasteiger partial charge in [-0.2, -0.15) is 0 Å². The summed E-state index contributed by atoms with van der Waals surface area (Å²) in [5, 5.41) is 3.00. The number of carbonyl (C=O) groups excluding carboxylic acids is 1. The number of hydrogen-bond donors (Lipinski definition) is 2. The van der Waals surface area contributed by atoms with Crippen molar-refractivity contribution in [1.29, 1.82) is 0 Å². The fourth-order valence-corrected chi connectivity index (χ4v) is 2.88. The SMILES string of the molecule is COCCN1CCCC1CNC(=O)C(N)c1ccc(C)cc1.Cl.Cl. The number of methoxy groups -OCH3 is 1. The van der Waals surface area contributed by atoms with Gasteiger partial charge in [-0.05, 0) is 31.9 Å². The standard InChI is InChI=1S/C17H27N3O2.2ClH/c1-13-5-7-14(8-6-13)16(18)17(21)19-12-15-4-3-9-20(15)10-11-22-2;;/h5-8,15-16H,3-4,9-12,18H2,1-2H3,(H,19,21);2*1H. The summed E-state index contributed by atoms with van der Waals surface area (Å²) in [7, 11) is 1.72. The zero-order valence-corrected chi connectivity index (χ0v) is 16.0. The minimum Gasteiger partial charge on any atom is -0.383 e. The monoisotopic (exact) mass is 377 g/mol. The summed E-state index contributed by atoms with van der Waals surface area (Å²) in [6.45, 7) is 5.40. The van der Waals surface area contributed by atoms with Gasteiger partial charge in [0.25, 0.3) is 0 Å². The Morgan fingerprint density at radius 1 is 1.38 bits per heavy atom. The van der Waals surface area contributed by atoms with Gasteiger partial charge >= 0.3 is 0 Å². The van der Waals surface area contributed by atoms with Gasteiger partial charge in [0.05, 0.1) is 6.61 Å². The van der Waals surface area contributed by atoms with Crippen LogP contribution in [0.3, 0.4) is 0 Å². The van der Waals surface area contributed by atoms with Crippen LogP contribution in [-0.2, 0) is 9.53 Å². The molecule has 1 aromatic carbocycles. The summed E-state index contributed by atoms with van der Waals surface area (Å²) in [5.41, 5.74) is 8.06. The summed E-state index contributed by atoms with van der Waals surface area (Å²) < 4.78 is 5.13. The number of likely N-dealkylation sites (tertiary alicyclic amines) is 1. The van der Waals surface area contributed by atoms with Crippen LogP contribution in [0.1, 0.15) is 30.0 Å². The molecule has 138 valence electrons. The second-order valence-electron chi connectivity index (χ2n) is 5.96. The first-order valence-corrected chi connectivity index (χ1v) is 7.94. The largest absolute Gasteiger partial charge is 0.383 e. The van der Waals surface area contributed by atoms with E-state index in [1.807, 2.05) is 31.2 Å². The maximum Gasteiger partial charge on any atom is 0.241 e. The molecule has 3 N–H and O–H groups in total. The Labute approximate surface area is 157 Å². The van der Waals surface area contributed by atoms with Gasteiger partial charge in [0.1, 0.15) is 6.04 Å². The van der Waals surface area contributed by atoms with Crippen LogP contribution in [0.4, 0.5) is 0 Å². The van der Waals surface area contributed by atoms with Crippen molar-refractivity contribution in [3.8, 4) is 0 Å². The van der Waals surface area contributed by atoms with Crippen molar-refractivity contribution in [2.24, 2.45) is 5.73 Å². The van der Waals surface area contributed by atoms with Crippen LogP contribution in [-0.4, -0.2) is 50.2 Å². The summed E-state index contributed by atoms with van der Waals surface area (Å²) in [5.74, 6) is -0.109. The summed E-state index contributed by atoms with van der Waals surface area (Å²) in [6.07, 6.45) is 2.29. The molecule has 24 heavy (non-hydrogen) atoms. The zero-order chi connectivity index (χ0) is 15.9. The smallest absolute Gasteiger partial charge is 0.241 e. The molecule has 1 fully saturated rings. The van der Waals surface area contributed by atoms with Crippen molar-refractivity contribution in [2.75, 3.05) is 33.4 Å². The molecule has 0 aromatic heterocycles. The van der Waals surface area contributed by atoms with Gasteiger partial charge < -0.3 is 15.8 Å². The number of benzene rings is 1. The summed E-state index contributed by atoms with van der Waals surface area (Å²) >= 11 is 0. The Bertz CT molecular complexity index is 485. The number of aryl methyl sites for hydroxylation is 1. The number of rotatable bonds is 7. The number of amides is 1. The predicted molar refractivity (Wildman–Crippen MR) is 102 cm³/mol. The third kappa shape index (κ3) is 6.57. The van der Waals surface area contributed by atoms with Crippen LogP contribution in [0.2, 0.25) is 0 Å². The van der Waals surface area contributed by atoms with Gasteiger partial charge in [-0.15, -0.1) is 24.8 Å². The van der Waals surface area contributed by atoms with Crippen LogP contribution in [0.25, 0.3) is 0 Å². The normalized spacial score (nSPS) is 18.4. The predicted octanol–water partition coefficient (Wildman–Crippen LogP) is 2.07. The fraction of sp³-hybridized carbons (Fsp3) is 0.588. The first-order valence-electron chi connectivity index (χ1n) is 7.94. The molecule has 0 spiro atoms. The van der Waals surface area contributed by atoms with E-state index in [9.17, 15) is 4.79 Å². The van der Waals surface area contributed by atoms with E-state index >= 15 is 0 Å². The van der Waals surface area contributed by atoms with Crippen molar-refractivity contribution in [1.82, 2.24) is 10.2 Å². The molecule has 0 aliphatic carbocycles. The molecule has 0 radical (unpaired) electrons. The van der Waals surface area contributed by atoms with Crippen LogP contribution in [0.15, 0.2) is 24.3 Å². The van der Waals surface area contributed by atoms with Gasteiger partial charge in [0.15, 0.2) is 0 Å². The lowest BCUT2D eigenvalue weighted by atomic mass is 10.1. The number of halogens is 2. The number of nitrogens with zero attached hydrogens (tertiary/aromatic N) is 1. The van der Waals surface area contributed by atoms with Crippen molar-refractivity contribution in [3.05, 3.63) is 35.4 Å². The molecule has 1 aromatic rings. The molecule has 5 nitrogen and oxygen atoms in total. The first-order chi connectivity index (χ1) is 10.6. The molecular weight excluding hydrogens is 349 g/mol. The van der Waals surface area contributed by atoms with Crippen molar-refractivity contribution in [2.45, 2.75) is 31.8 Å². The van der Waals surface area contributed by atoms with E-state index < -0.39 is 6.04 Å². The van der Waals surface area contributed by atoms with Crippen LogP contribution in [0.5, 0.6) is 0 Å². The molecule has 1 heterocycles. The third-order valence-electron chi connectivity index (χ3n) is 4.31. The number of ether oxygens (including phenoxy) is 1. The highest BCUT2D eigenvalue weighted by Crippen LogP contribution is 2.16. The quantitative estimate of drug-likeness (QED) is 0.762. The Balaban J connectivity index is 0.00000264. The lowest BCUT2D eigenvalue weighted by Gasteiger charge is -2.25. The third-order valence-corrected chi connectivity index (χ3v) is 4.31.